The van der Waals surface area contributed by atoms with E-state index in [2.05, 4.69) is 0 Å². The van der Waals surface area contributed by atoms with Crippen LogP contribution in [-0.4, -0.2) is 25.8 Å². The van der Waals surface area contributed by atoms with Crippen LogP contribution in [0.25, 0.3) is 0 Å². The molecule has 2 aromatic rings. The molecular formula is C17H14O4. The van der Waals surface area contributed by atoms with Crippen LogP contribution in [-0.2, 0) is 0 Å². The van der Waals surface area contributed by atoms with Gasteiger partial charge in [-0.3, -0.25) is 9.59 Å². The smallest absolute Gasteiger partial charge is 0.198 e. The van der Waals surface area contributed by atoms with Crippen molar-refractivity contribution in [2.75, 3.05) is 14.2 Å². The largest absolute Gasteiger partial charge is 0.496 e. The highest BCUT2D eigenvalue weighted by Gasteiger charge is 2.34. The maximum absolute atomic E-state index is 12.8. The molecule has 1 aliphatic carbocycles. The van der Waals surface area contributed by atoms with Crippen molar-refractivity contribution in [3.05, 3.63) is 58.1 Å². The maximum atomic E-state index is 12.8. The lowest BCUT2D eigenvalue weighted by molar-refractivity contribution is 0.0974. The average Bonchev–Trinajstić information content (AvgIpc) is 2.50. The number of carbonyl (C=O) groups is 2. The molecule has 0 aliphatic heterocycles. The number of aryl methyl sites for hydroxylation is 1. The Bertz CT molecular complexity index is 775. The summed E-state index contributed by atoms with van der Waals surface area (Å²) in [6.45, 7) is 1.89. The predicted octanol–water partition coefficient (Wildman–Crippen LogP) is 2.79. The topological polar surface area (TPSA) is 52.6 Å². The van der Waals surface area contributed by atoms with E-state index in [1.165, 1.54) is 14.2 Å². The Labute approximate surface area is 122 Å². The molecular weight excluding hydrogens is 268 g/mol. The molecule has 0 N–H and O–H groups in total. The van der Waals surface area contributed by atoms with E-state index in [0.29, 0.717) is 22.6 Å². The number of rotatable bonds is 2. The van der Waals surface area contributed by atoms with Crippen molar-refractivity contribution in [2.45, 2.75) is 6.92 Å². The van der Waals surface area contributed by atoms with E-state index >= 15 is 0 Å². The Kier molecular flexibility index (Phi) is 3.01. The summed E-state index contributed by atoms with van der Waals surface area (Å²) < 4.78 is 10.5. The van der Waals surface area contributed by atoms with Gasteiger partial charge in [-0.2, -0.15) is 0 Å². The van der Waals surface area contributed by atoms with E-state index in [1.54, 1.807) is 24.3 Å². The molecule has 0 radical (unpaired) electrons. The van der Waals surface area contributed by atoms with Crippen LogP contribution < -0.4 is 9.47 Å². The SMILES string of the molecule is COc1ccc(OC)c2c1C(=O)c1ccc(C)cc1C2=O. The van der Waals surface area contributed by atoms with E-state index in [-0.39, 0.29) is 22.7 Å². The molecule has 4 nitrogen and oxygen atoms in total. The molecule has 0 amide bonds. The Balaban J connectivity index is 2.36. The summed E-state index contributed by atoms with van der Waals surface area (Å²) in [6, 6.07) is 8.53. The molecule has 0 bridgehead atoms. The molecule has 0 saturated carbocycles. The molecule has 0 spiro atoms. The number of hydrogen-bond donors (Lipinski definition) is 0. The second-order valence-corrected chi connectivity index (χ2v) is 4.93. The summed E-state index contributed by atoms with van der Waals surface area (Å²) in [7, 11) is 2.95. The van der Waals surface area contributed by atoms with Gasteiger partial charge in [0.15, 0.2) is 11.6 Å². The first kappa shape index (κ1) is 13.4. The van der Waals surface area contributed by atoms with Crippen LogP contribution in [0.3, 0.4) is 0 Å². The van der Waals surface area contributed by atoms with Gasteiger partial charge in [0.1, 0.15) is 11.5 Å². The summed E-state index contributed by atoms with van der Waals surface area (Å²) in [5, 5.41) is 0. The minimum absolute atomic E-state index is 0.209. The van der Waals surface area contributed by atoms with Crippen LogP contribution in [0.5, 0.6) is 11.5 Å². The first-order valence-electron chi connectivity index (χ1n) is 6.53. The van der Waals surface area contributed by atoms with Gasteiger partial charge in [-0.1, -0.05) is 17.7 Å². The maximum Gasteiger partial charge on any atom is 0.198 e. The number of ketones is 2. The highest BCUT2D eigenvalue weighted by molar-refractivity contribution is 6.30. The van der Waals surface area contributed by atoms with E-state index in [9.17, 15) is 9.59 Å². The molecule has 0 aromatic heterocycles. The van der Waals surface area contributed by atoms with Crippen LogP contribution in [0.4, 0.5) is 0 Å². The van der Waals surface area contributed by atoms with Crippen molar-refractivity contribution in [3.8, 4) is 11.5 Å². The second kappa shape index (κ2) is 4.74. The number of benzene rings is 2. The minimum Gasteiger partial charge on any atom is -0.496 e. The van der Waals surface area contributed by atoms with Gasteiger partial charge >= 0.3 is 0 Å². The molecule has 3 rings (SSSR count). The summed E-state index contributed by atoms with van der Waals surface area (Å²) in [5.41, 5.74) is 2.31. The summed E-state index contributed by atoms with van der Waals surface area (Å²) in [4.78, 5) is 25.5. The van der Waals surface area contributed by atoms with Gasteiger partial charge in [0.25, 0.3) is 0 Å². The van der Waals surface area contributed by atoms with Gasteiger partial charge in [0.2, 0.25) is 0 Å². The van der Waals surface area contributed by atoms with Gasteiger partial charge in [-0.05, 0) is 25.1 Å². The second-order valence-electron chi connectivity index (χ2n) is 4.93. The fraction of sp³-hybridized carbons (Fsp3) is 0.176. The summed E-state index contributed by atoms with van der Waals surface area (Å²) in [5.74, 6) is 0.348. The van der Waals surface area contributed by atoms with Gasteiger partial charge in [0, 0.05) is 11.1 Å². The Hall–Kier alpha value is -2.62. The molecule has 106 valence electrons. The van der Waals surface area contributed by atoms with Crippen LogP contribution >= 0.6 is 0 Å². The molecule has 4 heteroatoms. The molecule has 0 unspecified atom stereocenters. The molecule has 21 heavy (non-hydrogen) atoms. The van der Waals surface area contributed by atoms with E-state index < -0.39 is 0 Å². The first-order chi connectivity index (χ1) is 10.1. The van der Waals surface area contributed by atoms with Gasteiger partial charge < -0.3 is 9.47 Å². The average molecular weight is 282 g/mol. The Morgan fingerprint density at radius 2 is 1.29 bits per heavy atom. The molecule has 2 aromatic carbocycles. The molecule has 0 saturated heterocycles. The van der Waals surface area contributed by atoms with E-state index in [4.69, 9.17) is 9.47 Å². The Morgan fingerprint density at radius 3 is 1.81 bits per heavy atom. The van der Waals surface area contributed by atoms with Crippen molar-refractivity contribution < 1.29 is 19.1 Å². The van der Waals surface area contributed by atoms with Gasteiger partial charge in [0.05, 0.1) is 25.3 Å². The highest BCUT2D eigenvalue weighted by atomic mass is 16.5. The number of carbonyl (C=O) groups excluding carboxylic acids is 2. The predicted molar refractivity (Wildman–Crippen MR) is 77.6 cm³/mol. The van der Waals surface area contributed by atoms with Gasteiger partial charge in [-0.25, -0.2) is 0 Å². The summed E-state index contributed by atoms with van der Waals surface area (Å²) in [6.07, 6.45) is 0. The zero-order chi connectivity index (χ0) is 15.1. The third-order valence-corrected chi connectivity index (χ3v) is 3.69. The number of fused-ring (bicyclic) bond motifs is 2. The van der Waals surface area contributed by atoms with Crippen molar-refractivity contribution in [1.82, 2.24) is 0 Å². The zero-order valence-corrected chi connectivity index (χ0v) is 12.0. The van der Waals surface area contributed by atoms with Gasteiger partial charge in [-0.15, -0.1) is 0 Å². The summed E-state index contributed by atoms with van der Waals surface area (Å²) >= 11 is 0. The van der Waals surface area contributed by atoms with Crippen molar-refractivity contribution >= 4 is 11.6 Å². The van der Waals surface area contributed by atoms with Crippen LogP contribution in [0.15, 0.2) is 30.3 Å². The molecule has 1 aliphatic rings. The number of hydrogen-bond acceptors (Lipinski definition) is 4. The fourth-order valence-corrected chi connectivity index (χ4v) is 2.67. The fourth-order valence-electron chi connectivity index (χ4n) is 2.67. The lowest BCUT2D eigenvalue weighted by Gasteiger charge is -2.21. The Morgan fingerprint density at radius 1 is 0.762 bits per heavy atom. The molecule has 0 heterocycles. The molecule has 0 atom stereocenters. The zero-order valence-electron chi connectivity index (χ0n) is 12.0. The highest BCUT2D eigenvalue weighted by Crippen LogP contribution is 2.38. The third-order valence-electron chi connectivity index (χ3n) is 3.69. The van der Waals surface area contributed by atoms with Crippen molar-refractivity contribution in [2.24, 2.45) is 0 Å². The quantitative estimate of drug-likeness (QED) is 0.725. The normalized spacial score (nSPS) is 12.7. The third kappa shape index (κ3) is 1.83. The van der Waals surface area contributed by atoms with Crippen LogP contribution in [0, 0.1) is 6.92 Å². The lowest BCUT2D eigenvalue weighted by atomic mass is 9.82. The van der Waals surface area contributed by atoms with E-state index in [0.717, 1.165) is 5.56 Å². The number of methoxy groups -OCH3 is 2. The first-order valence-corrected chi connectivity index (χ1v) is 6.53. The standard InChI is InChI=1S/C17H14O4/c1-9-4-5-10-11(8-9)17(19)15-13(21-3)7-6-12(20-2)14(15)16(10)18/h4-8H,1-3H3. The minimum atomic E-state index is -0.213. The van der Waals surface area contributed by atoms with Crippen molar-refractivity contribution in [1.29, 1.82) is 0 Å². The number of ether oxygens (including phenoxy) is 2. The van der Waals surface area contributed by atoms with E-state index in [1.807, 2.05) is 13.0 Å². The van der Waals surface area contributed by atoms with Crippen LogP contribution in [0.2, 0.25) is 0 Å². The van der Waals surface area contributed by atoms with Crippen LogP contribution in [0.1, 0.15) is 37.4 Å². The monoisotopic (exact) mass is 282 g/mol. The van der Waals surface area contributed by atoms with Crippen molar-refractivity contribution in [3.63, 3.8) is 0 Å². The molecule has 0 fully saturated rings. The lowest BCUT2D eigenvalue weighted by Crippen LogP contribution is -2.22.